The topological polar surface area (TPSA) is 71.5 Å². The Morgan fingerprint density at radius 2 is 2.10 bits per heavy atom. The van der Waals surface area contributed by atoms with E-state index in [9.17, 15) is 9.59 Å². The Kier molecular flexibility index (Phi) is 6.14. The zero-order valence-corrected chi connectivity index (χ0v) is 13.0. The maximum atomic E-state index is 11.7. The van der Waals surface area contributed by atoms with Crippen molar-refractivity contribution in [3.63, 3.8) is 0 Å². The maximum Gasteiger partial charge on any atom is 0.410 e. The number of aromatic nitrogens is 1. The molecule has 0 aliphatic heterocycles. The average Bonchev–Trinajstić information content (AvgIpc) is 2.37. The zero-order valence-electron chi connectivity index (χ0n) is 13.0. The molecule has 0 saturated carbocycles. The van der Waals surface area contributed by atoms with E-state index in [-0.39, 0.29) is 12.0 Å². The summed E-state index contributed by atoms with van der Waals surface area (Å²) in [6.45, 7) is 5.93. The van der Waals surface area contributed by atoms with Gasteiger partial charge in [-0.25, -0.2) is 4.79 Å². The highest BCUT2D eigenvalue weighted by Crippen LogP contribution is 2.10. The molecule has 0 atom stereocenters. The Labute approximate surface area is 125 Å². The summed E-state index contributed by atoms with van der Waals surface area (Å²) in [5.74, 6) is -0.0967. The maximum absolute atomic E-state index is 11.7. The number of carbonyl (C=O) groups excluding carboxylic acids is 2. The van der Waals surface area contributed by atoms with Gasteiger partial charge in [0, 0.05) is 26.2 Å². The third kappa shape index (κ3) is 7.29. The molecule has 0 saturated heterocycles. The molecule has 0 aliphatic rings. The summed E-state index contributed by atoms with van der Waals surface area (Å²) in [7, 11) is 1.66. The lowest BCUT2D eigenvalue weighted by Gasteiger charge is -2.24. The van der Waals surface area contributed by atoms with Gasteiger partial charge in [-0.05, 0) is 39.3 Å². The van der Waals surface area contributed by atoms with Gasteiger partial charge < -0.3 is 15.0 Å². The Bertz CT molecular complexity index is 469. The predicted octanol–water partition coefficient (Wildman–Crippen LogP) is 2.67. The van der Waals surface area contributed by atoms with E-state index in [1.165, 1.54) is 4.90 Å². The molecule has 6 nitrogen and oxygen atoms in total. The van der Waals surface area contributed by atoms with Gasteiger partial charge >= 0.3 is 6.09 Å². The van der Waals surface area contributed by atoms with Crippen LogP contribution in [0, 0.1) is 0 Å². The highest BCUT2D eigenvalue weighted by atomic mass is 16.6. The fourth-order valence-corrected chi connectivity index (χ4v) is 1.57. The lowest BCUT2D eigenvalue weighted by molar-refractivity contribution is -0.116. The summed E-state index contributed by atoms with van der Waals surface area (Å²) in [6, 6.07) is 3.53. The van der Waals surface area contributed by atoms with Crippen LogP contribution in [0.2, 0.25) is 0 Å². The van der Waals surface area contributed by atoms with Crippen LogP contribution in [0.25, 0.3) is 0 Å². The molecule has 0 bridgehead atoms. The molecular formula is C15H23N3O3. The largest absolute Gasteiger partial charge is 0.444 e. The number of nitrogens with zero attached hydrogens (tertiary/aromatic N) is 2. The van der Waals surface area contributed by atoms with Gasteiger partial charge in [-0.15, -0.1) is 0 Å². The Hall–Kier alpha value is -2.11. The number of carbonyl (C=O) groups is 2. The summed E-state index contributed by atoms with van der Waals surface area (Å²) in [6.07, 6.45) is 3.76. The Morgan fingerprint density at radius 3 is 2.67 bits per heavy atom. The molecule has 0 aliphatic carbocycles. The first-order valence-corrected chi connectivity index (χ1v) is 6.92. The number of anilines is 1. The fraction of sp³-hybridized carbons (Fsp3) is 0.533. The predicted molar refractivity (Wildman–Crippen MR) is 81.0 cm³/mol. The minimum Gasteiger partial charge on any atom is -0.444 e. The summed E-state index contributed by atoms with van der Waals surface area (Å²) >= 11 is 0. The van der Waals surface area contributed by atoms with Crippen molar-refractivity contribution < 1.29 is 14.3 Å². The minimum absolute atomic E-state index is 0.0967. The molecule has 1 N–H and O–H groups in total. The molecule has 2 amide bonds. The molecule has 21 heavy (non-hydrogen) atoms. The van der Waals surface area contributed by atoms with Crippen LogP contribution in [0.15, 0.2) is 24.5 Å². The van der Waals surface area contributed by atoms with Crippen LogP contribution >= 0.6 is 0 Å². The van der Waals surface area contributed by atoms with E-state index in [0.717, 1.165) is 0 Å². The number of pyridine rings is 1. The number of hydrogen-bond donors (Lipinski definition) is 1. The van der Waals surface area contributed by atoms with Gasteiger partial charge in [-0.1, -0.05) is 0 Å². The van der Waals surface area contributed by atoms with Gasteiger partial charge in [-0.3, -0.25) is 9.78 Å². The van der Waals surface area contributed by atoms with Crippen molar-refractivity contribution in [1.82, 2.24) is 9.88 Å². The van der Waals surface area contributed by atoms with Gasteiger partial charge in [0.1, 0.15) is 5.60 Å². The van der Waals surface area contributed by atoms with Gasteiger partial charge in [0.25, 0.3) is 0 Å². The van der Waals surface area contributed by atoms with Crippen molar-refractivity contribution >= 4 is 17.7 Å². The molecule has 1 rings (SSSR count). The van der Waals surface area contributed by atoms with Gasteiger partial charge in [0.05, 0.1) is 11.9 Å². The van der Waals surface area contributed by atoms with Crippen molar-refractivity contribution in [3.05, 3.63) is 24.5 Å². The molecule has 6 heteroatoms. The average molecular weight is 293 g/mol. The van der Waals surface area contributed by atoms with E-state index in [1.807, 2.05) is 20.8 Å². The van der Waals surface area contributed by atoms with Crippen molar-refractivity contribution in [2.45, 2.75) is 39.2 Å². The molecule has 1 heterocycles. The highest BCUT2D eigenvalue weighted by molar-refractivity contribution is 5.90. The zero-order chi connectivity index (χ0) is 15.9. The summed E-state index contributed by atoms with van der Waals surface area (Å²) in [5, 5.41) is 2.75. The van der Waals surface area contributed by atoms with Gasteiger partial charge in [-0.2, -0.15) is 0 Å². The van der Waals surface area contributed by atoms with Crippen LogP contribution in [0.3, 0.4) is 0 Å². The number of hydrogen-bond acceptors (Lipinski definition) is 4. The molecule has 0 aromatic carbocycles. The van der Waals surface area contributed by atoms with E-state index in [4.69, 9.17) is 4.74 Å². The third-order valence-electron chi connectivity index (χ3n) is 2.55. The second kappa shape index (κ2) is 7.61. The lowest BCUT2D eigenvalue weighted by atomic mass is 10.2. The number of rotatable bonds is 5. The second-order valence-corrected chi connectivity index (χ2v) is 5.80. The normalized spacial score (nSPS) is 10.9. The number of nitrogens with one attached hydrogen (secondary N) is 1. The smallest absolute Gasteiger partial charge is 0.410 e. The first kappa shape index (κ1) is 16.9. The lowest BCUT2D eigenvalue weighted by Crippen LogP contribution is -2.35. The Balaban J connectivity index is 2.26. The number of ether oxygens (including phenoxy) is 1. The van der Waals surface area contributed by atoms with Crippen LogP contribution in [-0.2, 0) is 9.53 Å². The van der Waals surface area contributed by atoms with Gasteiger partial charge in [0.15, 0.2) is 0 Å². The van der Waals surface area contributed by atoms with Crippen molar-refractivity contribution in [2.75, 3.05) is 18.9 Å². The van der Waals surface area contributed by atoms with Crippen LogP contribution in [0.1, 0.15) is 33.6 Å². The summed E-state index contributed by atoms with van der Waals surface area (Å²) < 4.78 is 5.23. The van der Waals surface area contributed by atoms with E-state index in [2.05, 4.69) is 10.3 Å². The van der Waals surface area contributed by atoms with Crippen molar-refractivity contribution in [1.29, 1.82) is 0 Å². The first-order valence-electron chi connectivity index (χ1n) is 6.92. The van der Waals surface area contributed by atoms with E-state index >= 15 is 0 Å². The Morgan fingerprint density at radius 1 is 1.38 bits per heavy atom. The van der Waals surface area contributed by atoms with Crippen molar-refractivity contribution in [2.24, 2.45) is 0 Å². The quantitative estimate of drug-likeness (QED) is 0.906. The summed E-state index contributed by atoms with van der Waals surface area (Å²) in [4.78, 5) is 28.8. The van der Waals surface area contributed by atoms with Crippen molar-refractivity contribution in [3.8, 4) is 0 Å². The molecule has 1 aromatic rings. The van der Waals surface area contributed by atoms with E-state index in [1.54, 1.807) is 31.6 Å². The van der Waals surface area contributed by atoms with Gasteiger partial charge in [0.2, 0.25) is 5.91 Å². The molecule has 116 valence electrons. The number of amides is 2. The van der Waals surface area contributed by atoms with E-state index < -0.39 is 5.60 Å². The monoisotopic (exact) mass is 293 g/mol. The van der Waals surface area contributed by atoms with Crippen LogP contribution < -0.4 is 5.32 Å². The molecule has 1 aromatic heterocycles. The molecule has 0 spiro atoms. The van der Waals surface area contributed by atoms with E-state index in [0.29, 0.717) is 25.1 Å². The molecule has 0 unspecified atom stereocenters. The van der Waals surface area contributed by atoms with Crippen LogP contribution in [0.4, 0.5) is 10.5 Å². The van der Waals surface area contributed by atoms with Crippen LogP contribution in [-0.4, -0.2) is 41.1 Å². The standard InChI is InChI=1S/C15H23N3O3/c1-15(2,3)21-14(20)18(4)10-6-8-13(19)17-12-7-5-9-16-11-12/h5,7,9,11H,6,8,10H2,1-4H3,(H,17,19). The second-order valence-electron chi connectivity index (χ2n) is 5.80. The third-order valence-corrected chi connectivity index (χ3v) is 2.55. The first-order chi connectivity index (χ1) is 9.78. The highest BCUT2D eigenvalue weighted by Gasteiger charge is 2.19. The summed E-state index contributed by atoms with van der Waals surface area (Å²) in [5.41, 5.74) is 0.159. The minimum atomic E-state index is -0.511. The van der Waals surface area contributed by atoms with Crippen LogP contribution in [0.5, 0.6) is 0 Å². The molecule has 0 fully saturated rings. The fourth-order valence-electron chi connectivity index (χ4n) is 1.57. The molecule has 0 radical (unpaired) electrons. The SMILES string of the molecule is CN(CCCC(=O)Nc1cccnc1)C(=O)OC(C)(C)C. The molecular weight excluding hydrogens is 270 g/mol.